The molecule has 2 atom stereocenters. The molecule has 180 valence electrons. The van der Waals surface area contributed by atoms with Gasteiger partial charge < -0.3 is 9.47 Å². The van der Waals surface area contributed by atoms with Crippen molar-refractivity contribution in [2.24, 2.45) is 11.8 Å². The maximum Gasteiger partial charge on any atom is 0.302 e. The summed E-state index contributed by atoms with van der Waals surface area (Å²) in [5, 5.41) is 0. The minimum atomic E-state index is -0.275. The molecular formula is C29H46O3. The third-order valence-corrected chi connectivity index (χ3v) is 5.18. The Kier molecular flexibility index (Phi) is 18.9. The molecule has 32 heavy (non-hydrogen) atoms. The summed E-state index contributed by atoms with van der Waals surface area (Å²) in [5.41, 5.74) is 3.64. The van der Waals surface area contributed by atoms with Gasteiger partial charge in [-0.1, -0.05) is 83.7 Å². The van der Waals surface area contributed by atoms with E-state index in [2.05, 4.69) is 53.7 Å². The quantitative estimate of drug-likeness (QED) is 0.0841. The largest absolute Gasteiger partial charge is 0.497 e. The van der Waals surface area contributed by atoms with Crippen LogP contribution in [0.1, 0.15) is 66.7 Å². The molecule has 0 aliphatic heterocycles. The van der Waals surface area contributed by atoms with E-state index in [1.165, 1.54) is 19.8 Å². The lowest BCUT2D eigenvalue weighted by Gasteiger charge is -2.15. The Morgan fingerprint density at radius 1 is 1.03 bits per heavy atom. The fourth-order valence-corrected chi connectivity index (χ4v) is 2.61. The molecule has 0 aromatic rings. The van der Waals surface area contributed by atoms with E-state index in [9.17, 15) is 4.79 Å². The lowest BCUT2D eigenvalue weighted by Crippen LogP contribution is -2.02. The first-order valence-corrected chi connectivity index (χ1v) is 11.4. The van der Waals surface area contributed by atoms with Crippen LogP contribution in [0.2, 0.25) is 0 Å². The number of carbonyl (C=O) groups is 1. The molecule has 0 aromatic heterocycles. The third-order valence-electron chi connectivity index (χ3n) is 5.18. The zero-order valence-electron chi connectivity index (χ0n) is 21.5. The fraction of sp³-hybridized carbons (Fsp3) is 0.483. The van der Waals surface area contributed by atoms with Crippen molar-refractivity contribution in [1.29, 1.82) is 0 Å². The number of ether oxygens (including phenoxy) is 2. The molecule has 0 saturated carbocycles. The van der Waals surface area contributed by atoms with Crippen molar-refractivity contribution in [1.82, 2.24) is 0 Å². The molecule has 0 heterocycles. The van der Waals surface area contributed by atoms with Gasteiger partial charge in [-0.25, -0.2) is 0 Å². The SMILES string of the molecule is C=C(/C=C\C(=C)C(C)CCC(C)CC)C(=C)/C=C(/CCCOC(C)=O)C(=C)OC.C=CC. The molecule has 3 heteroatoms. The highest BCUT2D eigenvalue weighted by molar-refractivity contribution is 5.65. The topological polar surface area (TPSA) is 35.5 Å². The van der Waals surface area contributed by atoms with Gasteiger partial charge in [0.15, 0.2) is 0 Å². The van der Waals surface area contributed by atoms with Crippen LogP contribution in [0.5, 0.6) is 0 Å². The fourth-order valence-electron chi connectivity index (χ4n) is 2.61. The van der Waals surface area contributed by atoms with E-state index in [-0.39, 0.29) is 5.97 Å². The summed E-state index contributed by atoms with van der Waals surface area (Å²) >= 11 is 0. The van der Waals surface area contributed by atoms with Gasteiger partial charge in [-0.15, -0.1) is 6.58 Å². The van der Waals surface area contributed by atoms with E-state index in [0.717, 1.165) is 34.6 Å². The number of methoxy groups -OCH3 is 1. The number of carbonyl (C=O) groups excluding carboxylic acids is 1. The van der Waals surface area contributed by atoms with Crippen LogP contribution >= 0.6 is 0 Å². The summed E-state index contributed by atoms with van der Waals surface area (Å²) < 4.78 is 10.3. The lowest BCUT2D eigenvalue weighted by atomic mass is 9.91. The molecule has 0 fully saturated rings. The summed E-state index contributed by atoms with van der Waals surface area (Å²) in [7, 11) is 1.59. The monoisotopic (exact) mass is 442 g/mol. The maximum absolute atomic E-state index is 10.9. The molecule has 0 N–H and O–H groups in total. The van der Waals surface area contributed by atoms with Gasteiger partial charge in [-0.2, -0.15) is 0 Å². The second kappa shape index (κ2) is 19.2. The van der Waals surface area contributed by atoms with E-state index in [0.29, 0.717) is 31.1 Å². The van der Waals surface area contributed by atoms with Crippen molar-refractivity contribution in [2.45, 2.75) is 66.7 Å². The first kappa shape index (κ1) is 31.6. The van der Waals surface area contributed by atoms with Gasteiger partial charge in [0.1, 0.15) is 5.76 Å². The molecule has 0 aromatic carbocycles. The van der Waals surface area contributed by atoms with E-state index < -0.39 is 0 Å². The normalized spacial score (nSPS) is 12.8. The van der Waals surface area contributed by atoms with E-state index in [1.54, 1.807) is 13.2 Å². The number of hydrogen-bond donors (Lipinski definition) is 0. The highest BCUT2D eigenvalue weighted by Crippen LogP contribution is 2.23. The molecule has 0 rings (SSSR count). The zero-order valence-corrected chi connectivity index (χ0v) is 21.5. The van der Waals surface area contributed by atoms with E-state index in [1.807, 2.05) is 25.2 Å². The lowest BCUT2D eigenvalue weighted by molar-refractivity contribution is -0.141. The number of esters is 1. The molecule has 3 nitrogen and oxygen atoms in total. The third kappa shape index (κ3) is 16.2. The zero-order chi connectivity index (χ0) is 25.1. The average molecular weight is 443 g/mol. The second-order valence-corrected chi connectivity index (χ2v) is 8.10. The van der Waals surface area contributed by atoms with Crippen LogP contribution in [-0.2, 0) is 14.3 Å². The Bertz CT molecular complexity index is 691. The summed E-state index contributed by atoms with van der Waals surface area (Å²) in [6, 6.07) is 0. The first-order valence-electron chi connectivity index (χ1n) is 11.4. The van der Waals surface area contributed by atoms with Crippen LogP contribution in [0.15, 0.2) is 85.3 Å². The van der Waals surface area contributed by atoms with Gasteiger partial charge in [0, 0.05) is 6.92 Å². The number of allylic oxidation sites excluding steroid dienone is 8. The van der Waals surface area contributed by atoms with Crippen molar-refractivity contribution >= 4 is 5.97 Å². The highest BCUT2D eigenvalue weighted by Gasteiger charge is 2.08. The Morgan fingerprint density at radius 2 is 1.62 bits per heavy atom. The Hall–Kier alpha value is -2.55. The summed E-state index contributed by atoms with van der Waals surface area (Å²) in [6.45, 7) is 30.2. The van der Waals surface area contributed by atoms with E-state index >= 15 is 0 Å². The molecule has 0 amide bonds. The number of rotatable bonds is 15. The molecule has 0 aliphatic carbocycles. The Labute approximate surface area is 198 Å². The van der Waals surface area contributed by atoms with Gasteiger partial charge in [-0.05, 0) is 60.8 Å². The van der Waals surface area contributed by atoms with E-state index in [4.69, 9.17) is 9.47 Å². The predicted molar refractivity (Wildman–Crippen MR) is 140 cm³/mol. The van der Waals surface area contributed by atoms with Crippen LogP contribution in [-0.4, -0.2) is 19.7 Å². The molecule has 0 radical (unpaired) electrons. The van der Waals surface area contributed by atoms with Crippen molar-refractivity contribution in [3.8, 4) is 0 Å². The minimum absolute atomic E-state index is 0.275. The Balaban J connectivity index is 0. The van der Waals surface area contributed by atoms with Crippen LogP contribution < -0.4 is 0 Å². The van der Waals surface area contributed by atoms with Crippen LogP contribution in [0, 0.1) is 11.8 Å². The minimum Gasteiger partial charge on any atom is -0.497 e. The van der Waals surface area contributed by atoms with Gasteiger partial charge in [0.25, 0.3) is 0 Å². The molecule has 0 aliphatic rings. The van der Waals surface area contributed by atoms with Crippen LogP contribution in [0.3, 0.4) is 0 Å². The second-order valence-electron chi connectivity index (χ2n) is 8.10. The van der Waals surface area contributed by atoms with Gasteiger partial charge in [-0.3, -0.25) is 4.79 Å². The standard InChI is InChI=1S/C26H40O3.C3H6/c1-10-19(2)13-14-20(3)21(4)15-16-22(5)23(6)18-26(24(7)28-9)12-11-17-29-25(8)27;1-3-2/h15-16,18-20H,4-7,10-14,17H2,1-3,8-9H3;3H,1H2,2H3/b16-15-,26-18-;. The Morgan fingerprint density at radius 3 is 2.12 bits per heavy atom. The van der Waals surface area contributed by atoms with Crippen molar-refractivity contribution in [2.75, 3.05) is 13.7 Å². The maximum atomic E-state index is 10.9. The van der Waals surface area contributed by atoms with Gasteiger partial charge >= 0.3 is 5.97 Å². The summed E-state index contributed by atoms with van der Waals surface area (Å²) in [5.74, 6) is 1.50. The molecule has 0 spiro atoms. The average Bonchev–Trinajstić information content (AvgIpc) is 2.76. The molecule has 2 unspecified atom stereocenters. The van der Waals surface area contributed by atoms with Crippen LogP contribution in [0.25, 0.3) is 0 Å². The van der Waals surface area contributed by atoms with Crippen LogP contribution in [0.4, 0.5) is 0 Å². The van der Waals surface area contributed by atoms with Crippen molar-refractivity contribution < 1.29 is 14.3 Å². The van der Waals surface area contributed by atoms with Crippen molar-refractivity contribution in [3.63, 3.8) is 0 Å². The number of hydrogen-bond acceptors (Lipinski definition) is 3. The smallest absolute Gasteiger partial charge is 0.302 e. The predicted octanol–water partition coefficient (Wildman–Crippen LogP) is 8.30. The van der Waals surface area contributed by atoms with Gasteiger partial charge in [0.2, 0.25) is 0 Å². The molecule has 0 bridgehead atoms. The van der Waals surface area contributed by atoms with Crippen molar-refractivity contribution in [3.05, 3.63) is 85.3 Å². The molecular weight excluding hydrogens is 396 g/mol. The highest BCUT2D eigenvalue weighted by atomic mass is 16.5. The summed E-state index contributed by atoms with van der Waals surface area (Å²) in [4.78, 5) is 10.9. The molecule has 0 saturated heterocycles. The van der Waals surface area contributed by atoms with Gasteiger partial charge in [0.05, 0.1) is 13.7 Å². The first-order chi connectivity index (χ1) is 15.0. The summed E-state index contributed by atoms with van der Waals surface area (Å²) in [6.07, 6.45) is 12.6.